The van der Waals surface area contributed by atoms with Gasteiger partial charge in [0.2, 0.25) is 0 Å². The van der Waals surface area contributed by atoms with E-state index in [9.17, 15) is 29.7 Å². The fourth-order valence-corrected chi connectivity index (χ4v) is 3.21. The molecule has 0 aliphatic rings. The molecule has 6 nitrogen and oxygen atoms in total. The van der Waals surface area contributed by atoms with E-state index >= 15 is 0 Å². The molecule has 2 rings (SSSR count). The highest BCUT2D eigenvalue weighted by Crippen LogP contribution is 2.38. The van der Waals surface area contributed by atoms with Crippen LogP contribution in [-0.4, -0.2) is 25.1 Å². The van der Waals surface area contributed by atoms with Crippen LogP contribution in [0.3, 0.4) is 0 Å². The van der Waals surface area contributed by atoms with Gasteiger partial charge in [0.15, 0.2) is 0 Å². The number of aromatic hydroxyl groups is 2. The third-order valence-electron chi connectivity index (χ3n) is 3.56. The van der Waals surface area contributed by atoms with Crippen molar-refractivity contribution in [1.82, 2.24) is 0 Å². The Morgan fingerprint density at radius 2 is 1.57 bits per heavy atom. The Bertz CT molecular complexity index is 707. The summed E-state index contributed by atoms with van der Waals surface area (Å²) in [4.78, 5) is 18.7. The van der Waals surface area contributed by atoms with Crippen molar-refractivity contribution in [3.05, 3.63) is 53.6 Å². The molecule has 5 N–H and O–H groups in total. The maximum Gasteiger partial charge on any atom is 0.356 e. The van der Waals surface area contributed by atoms with Gasteiger partial charge in [0, 0.05) is 0 Å². The van der Waals surface area contributed by atoms with E-state index in [1.807, 2.05) is 0 Å². The standard InChI is InChI=1S/C16H19O6P/c17-12-6-4-11(5-7-12)2-1-3-15(19)14-10-13(18)8-9-16(14)23(20,21)22/h4-10,15,17-19H,1-3H2,(H2,20,21,22). The van der Waals surface area contributed by atoms with E-state index < -0.39 is 13.7 Å². The number of hydrogen-bond donors (Lipinski definition) is 5. The summed E-state index contributed by atoms with van der Waals surface area (Å²) in [5.74, 6) is 0.0228. The molecule has 23 heavy (non-hydrogen) atoms. The molecule has 0 aliphatic carbocycles. The minimum atomic E-state index is -4.52. The molecule has 0 radical (unpaired) electrons. The number of phenolic OH excluding ortho intramolecular Hbond substituents is 2. The number of rotatable bonds is 6. The molecule has 124 valence electrons. The van der Waals surface area contributed by atoms with Crippen LogP contribution in [0.2, 0.25) is 0 Å². The molecule has 0 amide bonds. The van der Waals surface area contributed by atoms with Crippen molar-refractivity contribution >= 4 is 12.9 Å². The Kier molecular flexibility index (Phi) is 5.44. The summed E-state index contributed by atoms with van der Waals surface area (Å²) in [5, 5.41) is 28.7. The van der Waals surface area contributed by atoms with Crippen molar-refractivity contribution in [2.45, 2.75) is 25.4 Å². The highest BCUT2D eigenvalue weighted by Gasteiger charge is 2.25. The summed E-state index contributed by atoms with van der Waals surface area (Å²) in [6.07, 6.45) is 0.447. The van der Waals surface area contributed by atoms with Crippen LogP contribution in [0.4, 0.5) is 0 Å². The van der Waals surface area contributed by atoms with Crippen LogP contribution in [0.5, 0.6) is 11.5 Å². The molecule has 1 atom stereocenters. The van der Waals surface area contributed by atoms with Crippen LogP contribution in [0.1, 0.15) is 30.1 Å². The zero-order valence-corrected chi connectivity index (χ0v) is 13.2. The first kappa shape index (κ1) is 17.5. The van der Waals surface area contributed by atoms with Crippen LogP contribution in [-0.2, 0) is 11.0 Å². The maximum atomic E-state index is 11.5. The Morgan fingerprint density at radius 3 is 2.17 bits per heavy atom. The number of phenols is 2. The van der Waals surface area contributed by atoms with Gasteiger partial charge in [0.25, 0.3) is 0 Å². The van der Waals surface area contributed by atoms with E-state index in [1.54, 1.807) is 24.3 Å². The summed E-state index contributed by atoms with van der Waals surface area (Å²) >= 11 is 0. The summed E-state index contributed by atoms with van der Waals surface area (Å²) in [7, 11) is -4.52. The van der Waals surface area contributed by atoms with Crippen LogP contribution >= 0.6 is 7.60 Å². The van der Waals surface area contributed by atoms with Gasteiger partial charge in [0.1, 0.15) is 11.5 Å². The van der Waals surface area contributed by atoms with Crippen molar-refractivity contribution < 1.29 is 29.7 Å². The average Bonchev–Trinajstić information content (AvgIpc) is 2.48. The molecule has 7 heteroatoms. The quantitative estimate of drug-likeness (QED) is 0.514. The normalized spacial score (nSPS) is 13.0. The fourth-order valence-electron chi connectivity index (χ4n) is 2.39. The number of aryl methyl sites for hydroxylation is 1. The van der Waals surface area contributed by atoms with Gasteiger partial charge in [-0.1, -0.05) is 12.1 Å². The second-order valence-electron chi connectivity index (χ2n) is 5.36. The Hall–Kier alpha value is -1.85. The first-order valence-corrected chi connectivity index (χ1v) is 8.73. The van der Waals surface area contributed by atoms with Gasteiger partial charge in [-0.15, -0.1) is 0 Å². The van der Waals surface area contributed by atoms with Gasteiger partial charge in [-0.2, -0.15) is 0 Å². The van der Waals surface area contributed by atoms with Gasteiger partial charge < -0.3 is 25.1 Å². The molecule has 0 fully saturated rings. The molecule has 0 bridgehead atoms. The van der Waals surface area contributed by atoms with E-state index in [0.29, 0.717) is 12.8 Å². The molecule has 2 aromatic carbocycles. The molecule has 2 aromatic rings. The zero-order valence-electron chi connectivity index (χ0n) is 12.3. The molecule has 0 spiro atoms. The first-order valence-electron chi connectivity index (χ1n) is 7.12. The van der Waals surface area contributed by atoms with E-state index in [2.05, 4.69) is 0 Å². The predicted molar refractivity (Wildman–Crippen MR) is 85.8 cm³/mol. The number of aliphatic hydroxyl groups excluding tert-OH is 1. The SMILES string of the molecule is O=P(O)(O)c1ccc(O)cc1C(O)CCCc1ccc(O)cc1. The molecule has 1 unspecified atom stereocenters. The molecule has 0 heterocycles. The van der Waals surface area contributed by atoms with Crippen molar-refractivity contribution in [1.29, 1.82) is 0 Å². The topological polar surface area (TPSA) is 118 Å². The summed E-state index contributed by atoms with van der Waals surface area (Å²) in [6.45, 7) is 0. The van der Waals surface area contributed by atoms with Crippen molar-refractivity contribution in [2.75, 3.05) is 0 Å². The lowest BCUT2D eigenvalue weighted by Crippen LogP contribution is -2.15. The van der Waals surface area contributed by atoms with Crippen molar-refractivity contribution in [3.63, 3.8) is 0 Å². The molecular weight excluding hydrogens is 319 g/mol. The van der Waals surface area contributed by atoms with Crippen molar-refractivity contribution in [3.8, 4) is 11.5 Å². The van der Waals surface area contributed by atoms with Crippen LogP contribution in [0.15, 0.2) is 42.5 Å². The number of benzene rings is 2. The largest absolute Gasteiger partial charge is 0.508 e. The van der Waals surface area contributed by atoms with Crippen molar-refractivity contribution in [2.24, 2.45) is 0 Å². The monoisotopic (exact) mass is 338 g/mol. The minimum Gasteiger partial charge on any atom is -0.508 e. The molecule has 0 aromatic heterocycles. The highest BCUT2D eigenvalue weighted by molar-refractivity contribution is 7.60. The Morgan fingerprint density at radius 1 is 0.957 bits per heavy atom. The average molecular weight is 338 g/mol. The molecule has 0 aliphatic heterocycles. The lowest BCUT2D eigenvalue weighted by atomic mass is 10.0. The Balaban J connectivity index is 2.05. The summed E-state index contributed by atoms with van der Waals surface area (Å²) in [5.41, 5.74) is 1.03. The zero-order chi connectivity index (χ0) is 17.0. The van der Waals surface area contributed by atoms with E-state index in [1.165, 1.54) is 12.1 Å². The van der Waals surface area contributed by atoms with Gasteiger partial charge in [-0.05, 0) is 60.7 Å². The van der Waals surface area contributed by atoms with Gasteiger partial charge in [0.05, 0.1) is 11.4 Å². The number of aliphatic hydroxyl groups is 1. The first-order chi connectivity index (χ1) is 10.8. The maximum absolute atomic E-state index is 11.5. The van der Waals surface area contributed by atoms with E-state index in [0.717, 1.165) is 11.6 Å². The lowest BCUT2D eigenvalue weighted by molar-refractivity contribution is 0.165. The van der Waals surface area contributed by atoms with Gasteiger partial charge in [-0.3, -0.25) is 4.57 Å². The third kappa shape index (κ3) is 4.81. The predicted octanol–water partition coefficient (Wildman–Crippen LogP) is 1.96. The minimum absolute atomic E-state index is 0.0454. The fraction of sp³-hybridized carbons (Fsp3) is 0.250. The molecular formula is C16H19O6P. The van der Waals surface area contributed by atoms with Crippen LogP contribution in [0, 0.1) is 0 Å². The second kappa shape index (κ2) is 7.15. The molecule has 0 saturated heterocycles. The number of hydrogen-bond acceptors (Lipinski definition) is 4. The lowest BCUT2D eigenvalue weighted by Gasteiger charge is -2.16. The summed E-state index contributed by atoms with van der Waals surface area (Å²) in [6, 6.07) is 10.2. The highest BCUT2D eigenvalue weighted by atomic mass is 31.2. The smallest absolute Gasteiger partial charge is 0.356 e. The Labute approximate surface area is 133 Å². The van der Waals surface area contributed by atoms with Crippen LogP contribution in [0.25, 0.3) is 0 Å². The van der Waals surface area contributed by atoms with Gasteiger partial charge in [-0.25, -0.2) is 0 Å². The van der Waals surface area contributed by atoms with Crippen LogP contribution < -0.4 is 5.30 Å². The van der Waals surface area contributed by atoms with E-state index in [-0.39, 0.29) is 28.8 Å². The summed E-state index contributed by atoms with van der Waals surface area (Å²) < 4.78 is 11.5. The third-order valence-corrected chi connectivity index (χ3v) is 4.60. The molecule has 0 saturated carbocycles. The van der Waals surface area contributed by atoms with Gasteiger partial charge >= 0.3 is 7.60 Å². The second-order valence-corrected chi connectivity index (χ2v) is 6.93. The van der Waals surface area contributed by atoms with E-state index in [4.69, 9.17) is 0 Å².